The van der Waals surface area contributed by atoms with Crippen LogP contribution < -0.4 is 9.47 Å². The third-order valence-corrected chi connectivity index (χ3v) is 7.17. The van der Waals surface area contributed by atoms with Gasteiger partial charge < -0.3 is 14.4 Å². The molecular formula is C31H32ClN3O3. The summed E-state index contributed by atoms with van der Waals surface area (Å²) < 4.78 is 11.8. The Hall–Kier alpha value is -3.77. The van der Waals surface area contributed by atoms with Crippen molar-refractivity contribution in [2.24, 2.45) is 5.92 Å². The molecule has 6 nitrogen and oxygen atoms in total. The number of hydrogen-bond acceptors (Lipinski definition) is 4. The molecule has 4 aromatic rings. The van der Waals surface area contributed by atoms with E-state index in [0.29, 0.717) is 41.3 Å². The molecule has 2 heterocycles. The van der Waals surface area contributed by atoms with E-state index in [2.05, 4.69) is 36.2 Å². The number of carbonyl (C=O) groups is 1. The van der Waals surface area contributed by atoms with Crippen LogP contribution in [0.15, 0.2) is 72.8 Å². The zero-order valence-electron chi connectivity index (χ0n) is 21.9. The second-order valence-electron chi connectivity index (χ2n) is 9.95. The first-order valence-corrected chi connectivity index (χ1v) is 13.3. The number of benzene rings is 3. The predicted octanol–water partition coefficient (Wildman–Crippen LogP) is 6.95. The molecule has 7 heteroatoms. The summed E-state index contributed by atoms with van der Waals surface area (Å²) in [5.41, 5.74) is 5.14. The van der Waals surface area contributed by atoms with Crippen LogP contribution in [0.2, 0.25) is 5.02 Å². The number of rotatable bonds is 10. The number of nitrogens with one attached hydrogen (secondary N) is 1. The number of aromatic amines is 1. The largest absolute Gasteiger partial charge is 0.493 e. The van der Waals surface area contributed by atoms with Crippen LogP contribution in [0.5, 0.6) is 11.5 Å². The number of hydrogen-bond donors (Lipinski definition) is 1. The summed E-state index contributed by atoms with van der Waals surface area (Å²) in [4.78, 5) is 15.6. The summed E-state index contributed by atoms with van der Waals surface area (Å²) in [5.74, 6) is 1.83. The fourth-order valence-corrected chi connectivity index (χ4v) is 5.00. The molecule has 0 spiro atoms. The van der Waals surface area contributed by atoms with Crippen LogP contribution in [0.4, 0.5) is 0 Å². The summed E-state index contributed by atoms with van der Waals surface area (Å²) in [6.45, 7) is 5.52. The average molecular weight is 530 g/mol. The first-order valence-electron chi connectivity index (χ1n) is 13.0. The highest BCUT2D eigenvalue weighted by Gasteiger charge is 2.42. The number of H-pyrrole nitrogens is 1. The van der Waals surface area contributed by atoms with Crippen LogP contribution in [-0.4, -0.2) is 41.3 Å². The Kier molecular flexibility index (Phi) is 7.70. The van der Waals surface area contributed by atoms with Crippen molar-refractivity contribution in [3.63, 3.8) is 0 Å². The molecule has 1 amide bonds. The molecule has 0 saturated heterocycles. The monoisotopic (exact) mass is 529 g/mol. The molecule has 196 valence electrons. The number of nitrogens with zero attached hydrogens (tertiary/aromatic N) is 2. The van der Waals surface area contributed by atoms with E-state index in [4.69, 9.17) is 21.1 Å². The number of ether oxygens (including phenoxy) is 2. The van der Waals surface area contributed by atoms with Gasteiger partial charge in [-0.25, -0.2) is 0 Å². The van der Waals surface area contributed by atoms with E-state index in [9.17, 15) is 4.79 Å². The van der Waals surface area contributed by atoms with Crippen molar-refractivity contribution in [3.05, 3.63) is 100 Å². The zero-order chi connectivity index (χ0) is 26.6. The summed E-state index contributed by atoms with van der Waals surface area (Å²) in [6.07, 6.45) is 1.70. The van der Waals surface area contributed by atoms with E-state index >= 15 is 0 Å². The lowest BCUT2D eigenvalue weighted by Crippen LogP contribution is -2.31. The van der Waals surface area contributed by atoms with Gasteiger partial charge in [0.05, 0.1) is 25.5 Å². The van der Waals surface area contributed by atoms with Gasteiger partial charge in [0, 0.05) is 22.7 Å². The fourth-order valence-electron chi connectivity index (χ4n) is 4.87. The second kappa shape index (κ2) is 11.3. The molecule has 3 aromatic carbocycles. The third kappa shape index (κ3) is 5.27. The molecule has 0 radical (unpaired) electrons. The molecule has 0 fully saturated rings. The molecule has 1 aliphatic rings. The van der Waals surface area contributed by atoms with Crippen molar-refractivity contribution in [2.75, 3.05) is 20.3 Å². The quantitative estimate of drug-likeness (QED) is 0.241. The van der Waals surface area contributed by atoms with Crippen molar-refractivity contribution in [3.8, 4) is 22.8 Å². The van der Waals surface area contributed by atoms with Crippen LogP contribution >= 0.6 is 11.6 Å². The zero-order valence-corrected chi connectivity index (χ0v) is 22.7. The van der Waals surface area contributed by atoms with E-state index in [1.807, 2.05) is 65.6 Å². The topological polar surface area (TPSA) is 67.5 Å². The molecule has 1 atom stereocenters. The fraction of sp³-hybridized carbons (Fsp3) is 0.290. The van der Waals surface area contributed by atoms with Crippen molar-refractivity contribution in [2.45, 2.75) is 32.7 Å². The number of aromatic nitrogens is 2. The maximum atomic E-state index is 13.7. The van der Waals surface area contributed by atoms with Gasteiger partial charge in [-0.3, -0.25) is 9.89 Å². The van der Waals surface area contributed by atoms with E-state index in [-0.39, 0.29) is 11.9 Å². The highest BCUT2D eigenvalue weighted by Crippen LogP contribution is 2.44. The molecule has 1 N–H and O–H groups in total. The average Bonchev–Trinajstić information content (AvgIpc) is 3.47. The van der Waals surface area contributed by atoms with Crippen molar-refractivity contribution < 1.29 is 14.3 Å². The summed E-state index contributed by atoms with van der Waals surface area (Å²) in [7, 11) is 1.64. The molecule has 1 aliphatic heterocycles. The van der Waals surface area contributed by atoms with Crippen molar-refractivity contribution in [1.82, 2.24) is 15.1 Å². The molecule has 0 saturated carbocycles. The van der Waals surface area contributed by atoms with Gasteiger partial charge in [0.1, 0.15) is 5.69 Å². The minimum Gasteiger partial charge on any atom is -0.493 e. The standard InChI is InChI=1S/C31H32ClN3O3/c1-20(2)16-18-38-25-14-11-23(19-26(25)37-3)30-27-28(22-9-12-24(32)13-10-22)33-34-29(27)31(36)35(30)17-15-21-7-5-4-6-8-21/h4-14,19-20,30H,15-18H2,1-3H3,(H,33,34). The molecule has 0 bridgehead atoms. The third-order valence-electron chi connectivity index (χ3n) is 6.92. The van der Waals surface area contributed by atoms with E-state index in [0.717, 1.165) is 35.2 Å². The Morgan fingerprint density at radius 2 is 1.79 bits per heavy atom. The molecule has 38 heavy (non-hydrogen) atoms. The lowest BCUT2D eigenvalue weighted by Gasteiger charge is -2.27. The van der Waals surface area contributed by atoms with Gasteiger partial charge in [-0.15, -0.1) is 0 Å². The molecule has 1 aromatic heterocycles. The Morgan fingerprint density at radius 3 is 2.50 bits per heavy atom. The first kappa shape index (κ1) is 25.9. The highest BCUT2D eigenvalue weighted by atomic mass is 35.5. The summed E-state index contributed by atoms with van der Waals surface area (Å²) in [6, 6.07) is 23.4. The molecule has 5 rings (SSSR count). The second-order valence-corrected chi connectivity index (χ2v) is 10.4. The van der Waals surface area contributed by atoms with E-state index < -0.39 is 0 Å². The van der Waals surface area contributed by atoms with E-state index in [1.54, 1.807) is 7.11 Å². The molecule has 1 unspecified atom stereocenters. The Labute approximate surface area is 228 Å². The number of carbonyl (C=O) groups excluding carboxylic acids is 1. The van der Waals surface area contributed by atoms with Crippen LogP contribution in [0, 0.1) is 5.92 Å². The Morgan fingerprint density at radius 1 is 1.03 bits per heavy atom. The number of amides is 1. The summed E-state index contributed by atoms with van der Waals surface area (Å²) >= 11 is 6.15. The minimum atomic E-state index is -0.329. The summed E-state index contributed by atoms with van der Waals surface area (Å²) in [5, 5.41) is 8.24. The van der Waals surface area contributed by atoms with Gasteiger partial charge in [0.2, 0.25) is 0 Å². The number of fused-ring (bicyclic) bond motifs is 1. The first-order chi connectivity index (χ1) is 18.5. The maximum Gasteiger partial charge on any atom is 0.273 e. The lowest BCUT2D eigenvalue weighted by atomic mass is 9.95. The van der Waals surface area contributed by atoms with Gasteiger partial charge in [-0.05, 0) is 54.2 Å². The van der Waals surface area contributed by atoms with Gasteiger partial charge in [0.15, 0.2) is 11.5 Å². The van der Waals surface area contributed by atoms with Gasteiger partial charge in [-0.1, -0.05) is 74.0 Å². The number of methoxy groups -OCH3 is 1. The van der Waals surface area contributed by atoms with Gasteiger partial charge >= 0.3 is 0 Å². The smallest absolute Gasteiger partial charge is 0.273 e. The van der Waals surface area contributed by atoms with Gasteiger partial charge in [0.25, 0.3) is 5.91 Å². The molecular weight excluding hydrogens is 498 g/mol. The van der Waals surface area contributed by atoms with Crippen LogP contribution in [0.3, 0.4) is 0 Å². The SMILES string of the molecule is COc1cc(C2c3c(-c4ccc(Cl)cc4)n[nH]c3C(=O)N2CCc2ccccc2)ccc1OCCC(C)C. The van der Waals surface area contributed by atoms with Crippen LogP contribution in [0.1, 0.15) is 53.5 Å². The van der Waals surface area contributed by atoms with Crippen molar-refractivity contribution in [1.29, 1.82) is 0 Å². The maximum absolute atomic E-state index is 13.7. The van der Waals surface area contributed by atoms with Gasteiger partial charge in [-0.2, -0.15) is 5.10 Å². The predicted molar refractivity (Wildman–Crippen MR) is 150 cm³/mol. The Bertz CT molecular complexity index is 1400. The normalized spacial score (nSPS) is 14.7. The lowest BCUT2D eigenvalue weighted by molar-refractivity contribution is 0.0745. The highest BCUT2D eigenvalue weighted by molar-refractivity contribution is 6.30. The molecule has 0 aliphatic carbocycles. The van der Waals surface area contributed by atoms with Crippen LogP contribution in [-0.2, 0) is 6.42 Å². The van der Waals surface area contributed by atoms with Crippen molar-refractivity contribution >= 4 is 17.5 Å². The minimum absolute atomic E-state index is 0.0649. The Balaban J connectivity index is 1.54. The number of halogens is 1. The van der Waals surface area contributed by atoms with Crippen LogP contribution in [0.25, 0.3) is 11.3 Å². The van der Waals surface area contributed by atoms with E-state index in [1.165, 1.54) is 5.56 Å².